The van der Waals surface area contributed by atoms with Crippen molar-refractivity contribution in [3.8, 4) is 0 Å². The molecule has 2 heterocycles. The summed E-state index contributed by atoms with van der Waals surface area (Å²) < 4.78 is 0. The van der Waals surface area contributed by atoms with Gasteiger partial charge in [0.25, 0.3) is 0 Å². The van der Waals surface area contributed by atoms with E-state index in [-0.39, 0.29) is 12.0 Å². The zero-order valence-corrected chi connectivity index (χ0v) is 14.0. The summed E-state index contributed by atoms with van der Waals surface area (Å²) in [7, 11) is 0. The molecule has 1 saturated heterocycles. The molecule has 22 heavy (non-hydrogen) atoms. The van der Waals surface area contributed by atoms with Gasteiger partial charge in [0, 0.05) is 30.5 Å². The predicted molar refractivity (Wildman–Crippen MR) is 91.2 cm³/mol. The van der Waals surface area contributed by atoms with Gasteiger partial charge in [-0.25, -0.2) is 4.98 Å². The lowest BCUT2D eigenvalue weighted by atomic mass is 9.83. The largest absolute Gasteiger partial charge is 0.396 e. The van der Waals surface area contributed by atoms with Gasteiger partial charge in [-0.15, -0.1) is 0 Å². The number of aromatic nitrogens is 1. The highest BCUT2D eigenvalue weighted by atomic mass is 35.5. The number of aliphatic hydroxyl groups excluding tert-OH is 1. The summed E-state index contributed by atoms with van der Waals surface area (Å²) in [5.41, 5.74) is 3.04. The van der Waals surface area contributed by atoms with Crippen LogP contribution in [0.1, 0.15) is 31.0 Å². The monoisotopic (exact) mass is 318 g/mol. The van der Waals surface area contributed by atoms with Gasteiger partial charge < -0.3 is 5.11 Å². The predicted octanol–water partition coefficient (Wildman–Crippen LogP) is 3.79. The highest BCUT2D eigenvalue weighted by Crippen LogP contribution is 2.32. The molecule has 1 fully saturated rings. The molecule has 3 nitrogen and oxygen atoms in total. The zero-order chi connectivity index (χ0) is 15.7. The summed E-state index contributed by atoms with van der Waals surface area (Å²) in [4.78, 5) is 7.13. The topological polar surface area (TPSA) is 36.4 Å². The smallest absolute Gasteiger partial charge is 0.0740 e. The summed E-state index contributed by atoms with van der Waals surface area (Å²) >= 11 is 6.56. The fraction of sp³-hybridized carbons (Fsp3) is 0.500. The second kappa shape index (κ2) is 6.15. The van der Waals surface area contributed by atoms with Crippen LogP contribution in [0.3, 0.4) is 0 Å². The van der Waals surface area contributed by atoms with Gasteiger partial charge in [-0.05, 0) is 37.9 Å². The van der Waals surface area contributed by atoms with Crippen LogP contribution in [0, 0.1) is 12.3 Å². The molecule has 0 aliphatic carbocycles. The van der Waals surface area contributed by atoms with E-state index >= 15 is 0 Å². The number of para-hydroxylation sites is 1. The Hall–Kier alpha value is -1.16. The fourth-order valence-corrected chi connectivity index (χ4v) is 3.63. The van der Waals surface area contributed by atoms with Gasteiger partial charge in [-0.2, -0.15) is 0 Å². The minimum atomic E-state index is -0.00335. The van der Waals surface area contributed by atoms with Crippen molar-refractivity contribution in [3.05, 3.63) is 40.5 Å². The first-order chi connectivity index (χ1) is 10.5. The summed E-state index contributed by atoms with van der Waals surface area (Å²) in [5.74, 6) is 0. The molecule has 0 spiro atoms. The highest BCUT2D eigenvalue weighted by Gasteiger charge is 2.30. The van der Waals surface area contributed by atoms with Crippen LogP contribution in [-0.4, -0.2) is 34.7 Å². The molecule has 0 bridgehead atoms. The number of halogens is 1. The Kier molecular flexibility index (Phi) is 4.40. The standard InChI is InChI=1S/C18H23ClN2O/c1-13-14-6-3-4-7-15(14)20-16(17(13)19)10-21-9-5-8-18(2,11-21)12-22/h3-4,6-7,22H,5,8-12H2,1-2H3. The van der Waals surface area contributed by atoms with Gasteiger partial charge >= 0.3 is 0 Å². The summed E-state index contributed by atoms with van der Waals surface area (Å²) in [6.45, 7) is 7.14. The molecule has 1 aliphatic heterocycles. The number of hydrogen-bond acceptors (Lipinski definition) is 3. The van der Waals surface area contributed by atoms with Crippen molar-refractivity contribution in [1.82, 2.24) is 9.88 Å². The van der Waals surface area contributed by atoms with E-state index in [1.165, 1.54) is 0 Å². The molecular weight excluding hydrogens is 296 g/mol. The van der Waals surface area contributed by atoms with Gasteiger partial charge in [-0.1, -0.05) is 36.7 Å². The number of hydrogen-bond donors (Lipinski definition) is 1. The lowest BCUT2D eigenvalue weighted by Gasteiger charge is -2.39. The first kappa shape index (κ1) is 15.7. The molecule has 1 aromatic heterocycles. The van der Waals surface area contributed by atoms with Crippen LogP contribution in [0.4, 0.5) is 0 Å². The molecule has 1 N–H and O–H groups in total. The van der Waals surface area contributed by atoms with E-state index < -0.39 is 0 Å². The molecule has 4 heteroatoms. The average Bonchev–Trinajstić information content (AvgIpc) is 2.52. The van der Waals surface area contributed by atoms with E-state index in [1.807, 2.05) is 18.2 Å². The number of pyridine rings is 1. The number of likely N-dealkylation sites (tertiary alicyclic amines) is 1. The molecular formula is C18H23ClN2O. The fourth-order valence-electron chi connectivity index (χ4n) is 3.43. The Morgan fingerprint density at radius 2 is 2.14 bits per heavy atom. The number of benzene rings is 1. The third-order valence-electron chi connectivity index (χ3n) is 4.76. The quantitative estimate of drug-likeness (QED) is 0.935. The highest BCUT2D eigenvalue weighted by molar-refractivity contribution is 6.32. The van der Waals surface area contributed by atoms with Crippen LogP contribution in [0.15, 0.2) is 24.3 Å². The van der Waals surface area contributed by atoms with Crippen molar-refractivity contribution in [3.63, 3.8) is 0 Å². The van der Waals surface area contributed by atoms with Gasteiger partial charge in [0.05, 0.1) is 16.2 Å². The number of nitrogens with zero attached hydrogens (tertiary/aromatic N) is 2. The maximum atomic E-state index is 9.61. The van der Waals surface area contributed by atoms with Crippen LogP contribution < -0.4 is 0 Å². The molecule has 2 aromatic rings. The maximum Gasteiger partial charge on any atom is 0.0740 e. The normalized spacial score (nSPS) is 23.1. The molecule has 1 aliphatic rings. The van der Waals surface area contributed by atoms with E-state index in [4.69, 9.17) is 16.6 Å². The molecule has 118 valence electrons. The van der Waals surface area contributed by atoms with E-state index in [2.05, 4.69) is 24.8 Å². The Balaban J connectivity index is 1.89. The minimum Gasteiger partial charge on any atom is -0.396 e. The molecule has 1 atom stereocenters. The second-order valence-electron chi connectivity index (χ2n) is 6.80. The number of aliphatic hydroxyl groups is 1. The van der Waals surface area contributed by atoms with Gasteiger partial charge in [0.2, 0.25) is 0 Å². The van der Waals surface area contributed by atoms with Crippen LogP contribution in [0.5, 0.6) is 0 Å². The zero-order valence-electron chi connectivity index (χ0n) is 13.3. The minimum absolute atomic E-state index is 0.00335. The summed E-state index contributed by atoms with van der Waals surface area (Å²) in [6, 6.07) is 8.13. The van der Waals surface area contributed by atoms with E-state index in [0.717, 1.165) is 59.7 Å². The van der Waals surface area contributed by atoms with Gasteiger partial charge in [0.15, 0.2) is 0 Å². The van der Waals surface area contributed by atoms with Crippen molar-refractivity contribution in [2.75, 3.05) is 19.7 Å². The third kappa shape index (κ3) is 2.98. The van der Waals surface area contributed by atoms with Gasteiger partial charge in [-0.3, -0.25) is 4.90 Å². The van der Waals surface area contributed by atoms with E-state index in [0.29, 0.717) is 0 Å². The molecule has 0 saturated carbocycles. The van der Waals surface area contributed by atoms with E-state index in [1.54, 1.807) is 0 Å². The van der Waals surface area contributed by atoms with Crippen LogP contribution in [0.2, 0.25) is 5.02 Å². The molecule has 1 aromatic carbocycles. The van der Waals surface area contributed by atoms with Crippen molar-refractivity contribution in [2.24, 2.45) is 5.41 Å². The van der Waals surface area contributed by atoms with Gasteiger partial charge in [0.1, 0.15) is 0 Å². The first-order valence-electron chi connectivity index (χ1n) is 7.89. The Morgan fingerprint density at radius 1 is 1.36 bits per heavy atom. The van der Waals surface area contributed by atoms with Crippen molar-refractivity contribution >= 4 is 22.5 Å². The van der Waals surface area contributed by atoms with Crippen molar-refractivity contribution < 1.29 is 5.11 Å². The Labute approximate surface area is 136 Å². The van der Waals surface area contributed by atoms with E-state index in [9.17, 15) is 5.11 Å². The number of aryl methyl sites for hydroxylation is 1. The number of fused-ring (bicyclic) bond motifs is 1. The Bertz CT molecular complexity index is 688. The van der Waals surface area contributed by atoms with Crippen LogP contribution >= 0.6 is 11.6 Å². The number of piperidine rings is 1. The third-order valence-corrected chi connectivity index (χ3v) is 5.26. The van der Waals surface area contributed by atoms with Crippen molar-refractivity contribution in [1.29, 1.82) is 0 Å². The molecule has 1 unspecified atom stereocenters. The van der Waals surface area contributed by atoms with Crippen LogP contribution in [-0.2, 0) is 6.54 Å². The first-order valence-corrected chi connectivity index (χ1v) is 8.27. The second-order valence-corrected chi connectivity index (χ2v) is 7.18. The molecule has 0 amide bonds. The molecule has 3 rings (SSSR count). The van der Waals surface area contributed by atoms with Crippen molar-refractivity contribution in [2.45, 2.75) is 33.2 Å². The SMILES string of the molecule is Cc1c(Cl)c(CN2CCCC(C)(CO)C2)nc2ccccc12. The summed E-state index contributed by atoms with van der Waals surface area (Å²) in [6.07, 6.45) is 2.19. The maximum absolute atomic E-state index is 9.61. The lowest BCUT2D eigenvalue weighted by Crippen LogP contribution is -2.43. The summed E-state index contributed by atoms with van der Waals surface area (Å²) in [5, 5.41) is 11.5. The Morgan fingerprint density at radius 3 is 2.91 bits per heavy atom. The number of rotatable bonds is 3. The average molecular weight is 319 g/mol. The molecule has 0 radical (unpaired) electrons. The van der Waals surface area contributed by atoms with Crippen LogP contribution in [0.25, 0.3) is 10.9 Å². The lowest BCUT2D eigenvalue weighted by molar-refractivity contribution is 0.0424.